The molecule has 2 N–H and O–H groups in total. The highest BCUT2D eigenvalue weighted by Gasteiger charge is 2.11. The molecule has 2 rings (SSSR count). The third-order valence-corrected chi connectivity index (χ3v) is 3.91. The van der Waals surface area contributed by atoms with E-state index in [0.29, 0.717) is 22.9 Å². The number of hydrogen-bond donors (Lipinski definition) is 2. The Labute approximate surface area is 148 Å². The van der Waals surface area contributed by atoms with Crippen molar-refractivity contribution in [1.82, 2.24) is 5.32 Å². The summed E-state index contributed by atoms with van der Waals surface area (Å²) in [6.45, 7) is 6.03. The Kier molecular flexibility index (Phi) is 6.57. The van der Waals surface area contributed by atoms with Gasteiger partial charge in [-0.05, 0) is 49.2 Å². The van der Waals surface area contributed by atoms with Gasteiger partial charge in [-0.25, -0.2) is 0 Å². The maximum atomic E-state index is 12.1. The predicted octanol–water partition coefficient (Wildman–Crippen LogP) is 3.48. The number of anilines is 1. The second-order valence-electron chi connectivity index (χ2n) is 6.23. The van der Waals surface area contributed by atoms with Crippen molar-refractivity contribution in [2.45, 2.75) is 26.8 Å². The van der Waals surface area contributed by atoms with Crippen LogP contribution < -0.4 is 15.4 Å². The van der Waals surface area contributed by atoms with Gasteiger partial charge in [-0.15, -0.1) is 0 Å². The van der Waals surface area contributed by atoms with Crippen LogP contribution in [0.2, 0.25) is 0 Å². The van der Waals surface area contributed by atoms with E-state index < -0.39 is 0 Å². The largest absolute Gasteiger partial charge is 0.484 e. The maximum absolute atomic E-state index is 12.1. The Bertz CT molecular complexity index is 697. The van der Waals surface area contributed by atoms with E-state index in [9.17, 15) is 9.59 Å². The topological polar surface area (TPSA) is 67.4 Å². The zero-order valence-electron chi connectivity index (χ0n) is 14.8. The molecule has 2 amide bonds. The minimum atomic E-state index is -0.170. The highest BCUT2D eigenvalue weighted by Crippen LogP contribution is 2.16. The van der Waals surface area contributed by atoms with Gasteiger partial charge in [0.2, 0.25) is 0 Å². The molecule has 0 radical (unpaired) electrons. The molecular formula is C20H24N2O3. The van der Waals surface area contributed by atoms with Gasteiger partial charge >= 0.3 is 0 Å². The van der Waals surface area contributed by atoms with E-state index in [-0.39, 0.29) is 24.5 Å². The second kappa shape index (κ2) is 8.87. The van der Waals surface area contributed by atoms with Crippen molar-refractivity contribution >= 4 is 17.5 Å². The molecule has 5 nitrogen and oxygen atoms in total. The van der Waals surface area contributed by atoms with Gasteiger partial charge in [0.25, 0.3) is 11.8 Å². The molecule has 0 aromatic heterocycles. The van der Waals surface area contributed by atoms with E-state index in [4.69, 9.17) is 4.74 Å². The lowest BCUT2D eigenvalue weighted by Gasteiger charge is -2.17. The Morgan fingerprint density at radius 2 is 1.60 bits per heavy atom. The number of ether oxygens (including phenoxy) is 1. The summed E-state index contributed by atoms with van der Waals surface area (Å²) in [5.41, 5.74) is 1.26. The number of benzene rings is 2. The third-order valence-electron chi connectivity index (χ3n) is 3.91. The number of amides is 2. The van der Waals surface area contributed by atoms with Gasteiger partial charge in [-0.1, -0.05) is 32.0 Å². The summed E-state index contributed by atoms with van der Waals surface area (Å²) in [4.78, 5) is 23.9. The van der Waals surface area contributed by atoms with Gasteiger partial charge in [0.05, 0.1) is 0 Å². The molecule has 0 fully saturated rings. The van der Waals surface area contributed by atoms with Crippen LogP contribution in [0, 0.1) is 5.92 Å². The zero-order chi connectivity index (χ0) is 18.2. The van der Waals surface area contributed by atoms with Crippen molar-refractivity contribution in [3.05, 3.63) is 60.2 Å². The molecule has 0 heterocycles. The molecule has 0 aliphatic rings. The van der Waals surface area contributed by atoms with Crippen molar-refractivity contribution in [3.8, 4) is 5.75 Å². The first-order valence-electron chi connectivity index (χ1n) is 8.34. The zero-order valence-corrected chi connectivity index (χ0v) is 14.8. The van der Waals surface area contributed by atoms with Crippen molar-refractivity contribution in [2.24, 2.45) is 5.92 Å². The molecule has 2 aromatic carbocycles. The van der Waals surface area contributed by atoms with Crippen LogP contribution in [-0.4, -0.2) is 24.5 Å². The van der Waals surface area contributed by atoms with Gasteiger partial charge in [-0.3, -0.25) is 9.59 Å². The van der Waals surface area contributed by atoms with Gasteiger partial charge in [0.15, 0.2) is 6.61 Å². The predicted molar refractivity (Wildman–Crippen MR) is 98.8 cm³/mol. The standard InChI is InChI=1S/C20H24N2O3/c1-14(2)15(3)21-19(23)13-25-18-11-9-17(10-12-18)22-20(24)16-7-5-4-6-8-16/h4-12,14-15H,13H2,1-3H3,(H,21,23)(H,22,24)/t15-/m0/s1. The number of carbonyl (C=O) groups excluding carboxylic acids is 2. The summed E-state index contributed by atoms with van der Waals surface area (Å²) in [5.74, 6) is 0.625. The van der Waals surface area contributed by atoms with Crippen LogP contribution in [-0.2, 0) is 4.79 Å². The lowest BCUT2D eigenvalue weighted by molar-refractivity contribution is -0.124. The highest BCUT2D eigenvalue weighted by atomic mass is 16.5. The van der Waals surface area contributed by atoms with Crippen LogP contribution in [0.1, 0.15) is 31.1 Å². The summed E-state index contributed by atoms with van der Waals surface area (Å²) in [6, 6.07) is 16.0. The van der Waals surface area contributed by atoms with Crippen LogP contribution in [0.5, 0.6) is 5.75 Å². The molecule has 0 saturated carbocycles. The van der Waals surface area contributed by atoms with Crippen molar-refractivity contribution < 1.29 is 14.3 Å². The lowest BCUT2D eigenvalue weighted by Crippen LogP contribution is -2.38. The summed E-state index contributed by atoms with van der Waals surface area (Å²) in [5, 5.41) is 5.70. The van der Waals surface area contributed by atoms with Crippen LogP contribution >= 0.6 is 0 Å². The Morgan fingerprint density at radius 1 is 0.960 bits per heavy atom. The maximum Gasteiger partial charge on any atom is 0.258 e. The molecule has 0 unspecified atom stereocenters. The summed E-state index contributed by atoms with van der Waals surface area (Å²) in [7, 11) is 0. The number of rotatable bonds is 7. The van der Waals surface area contributed by atoms with Gasteiger partial charge in [-0.2, -0.15) is 0 Å². The lowest BCUT2D eigenvalue weighted by atomic mass is 10.1. The monoisotopic (exact) mass is 340 g/mol. The molecular weight excluding hydrogens is 316 g/mol. The molecule has 0 aliphatic heterocycles. The molecule has 2 aromatic rings. The molecule has 25 heavy (non-hydrogen) atoms. The molecule has 0 bridgehead atoms. The second-order valence-corrected chi connectivity index (χ2v) is 6.23. The number of carbonyl (C=O) groups is 2. The van der Waals surface area contributed by atoms with Crippen LogP contribution in [0.4, 0.5) is 5.69 Å². The van der Waals surface area contributed by atoms with Gasteiger partial charge < -0.3 is 15.4 Å². The first kappa shape index (κ1) is 18.5. The minimum absolute atomic E-state index is 0.0349. The van der Waals surface area contributed by atoms with E-state index in [1.54, 1.807) is 36.4 Å². The van der Waals surface area contributed by atoms with E-state index in [1.807, 2.05) is 39.0 Å². The summed E-state index contributed by atoms with van der Waals surface area (Å²) in [6.07, 6.45) is 0. The van der Waals surface area contributed by atoms with Crippen LogP contribution in [0.25, 0.3) is 0 Å². The van der Waals surface area contributed by atoms with E-state index in [1.165, 1.54) is 0 Å². The molecule has 5 heteroatoms. The summed E-state index contributed by atoms with van der Waals surface area (Å²) >= 11 is 0. The first-order chi connectivity index (χ1) is 12.0. The van der Waals surface area contributed by atoms with E-state index >= 15 is 0 Å². The fraction of sp³-hybridized carbons (Fsp3) is 0.300. The molecule has 132 valence electrons. The Morgan fingerprint density at radius 3 is 2.20 bits per heavy atom. The average Bonchev–Trinajstić information content (AvgIpc) is 2.61. The first-order valence-corrected chi connectivity index (χ1v) is 8.34. The van der Waals surface area contributed by atoms with Crippen molar-refractivity contribution in [1.29, 1.82) is 0 Å². The number of hydrogen-bond acceptors (Lipinski definition) is 3. The van der Waals surface area contributed by atoms with Crippen molar-refractivity contribution in [3.63, 3.8) is 0 Å². The van der Waals surface area contributed by atoms with Crippen LogP contribution in [0.3, 0.4) is 0 Å². The molecule has 0 spiro atoms. The average molecular weight is 340 g/mol. The molecule has 1 atom stereocenters. The Balaban J connectivity index is 1.83. The minimum Gasteiger partial charge on any atom is -0.484 e. The van der Waals surface area contributed by atoms with Gasteiger partial charge in [0, 0.05) is 17.3 Å². The Hall–Kier alpha value is -2.82. The fourth-order valence-electron chi connectivity index (χ4n) is 2.04. The fourth-order valence-corrected chi connectivity index (χ4v) is 2.04. The SMILES string of the molecule is CC(C)[C@H](C)NC(=O)COc1ccc(NC(=O)c2ccccc2)cc1. The third kappa shape index (κ3) is 5.95. The molecule has 0 aliphatic carbocycles. The molecule has 0 saturated heterocycles. The van der Waals surface area contributed by atoms with Crippen LogP contribution in [0.15, 0.2) is 54.6 Å². The summed E-state index contributed by atoms with van der Waals surface area (Å²) < 4.78 is 5.47. The van der Waals surface area contributed by atoms with E-state index in [2.05, 4.69) is 10.6 Å². The van der Waals surface area contributed by atoms with Gasteiger partial charge in [0.1, 0.15) is 5.75 Å². The van der Waals surface area contributed by atoms with Crippen molar-refractivity contribution in [2.75, 3.05) is 11.9 Å². The normalized spacial score (nSPS) is 11.7. The smallest absolute Gasteiger partial charge is 0.258 e. The highest BCUT2D eigenvalue weighted by molar-refractivity contribution is 6.04. The quantitative estimate of drug-likeness (QED) is 0.811. The number of nitrogens with one attached hydrogen (secondary N) is 2. The van der Waals surface area contributed by atoms with E-state index in [0.717, 1.165) is 0 Å².